The predicted molar refractivity (Wildman–Crippen MR) is 74.6 cm³/mol. The number of hydrogen-bond acceptors (Lipinski definition) is 3. The highest BCUT2D eigenvalue weighted by Gasteiger charge is 2.44. The lowest BCUT2D eigenvalue weighted by Gasteiger charge is -2.30. The van der Waals surface area contributed by atoms with Gasteiger partial charge in [-0.1, -0.05) is 12.1 Å². The molecule has 0 amide bonds. The average molecular weight is 314 g/mol. The molecule has 2 aliphatic rings. The average Bonchev–Trinajstić information content (AvgIpc) is 3.20. The van der Waals surface area contributed by atoms with Crippen LogP contribution in [0.3, 0.4) is 0 Å². The van der Waals surface area contributed by atoms with Gasteiger partial charge in [-0.15, -0.1) is 13.2 Å². The second-order valence-corrected chi connectivity index (χ2v) is 6.15. The van der Waals surface area contributed by atoms with Gasteiger partial charge in [0.25, 0.3) is 0 Å². The molecule has 121 valence electrons. The summed E-state index contributed by atoms with van der Waals surface area (Å²) in [6, 6.07) is 7.25. The van der Waals surface area contributed by atoms with Crippen LogP contribution in [-0.4, -0.2) is 44.1 Å². The number of alkyl halides is 3. The Bertz CT molecular complexity index is 508. The maximum absolute atomic E-state index is 12.5. The molecule has 1 saturated heterocycles. The normalized spacial score (nSPS) is 21.6. The first-order valence-electron chi connectivity index (χ1n) is 7.51. The molecule has 1 aromatic rings. The fourth-order valence-corrected chi connectivity index (χ4v) is 3.02. The SMILES string of the molecule is FC(F)(F)Oc1c[c]ccc1CC1(CN2CCOCC2)CC1. The Hall–Kier alpha value is -1.27. The molecule has 0 bridgehead atoms. The van der Waals surface area contributed by atoms with Crippen LogP contribution in [0.5, 0.6) is 5.75 Å². The predicted octanol–water partition coefficient (Wildman–Crippen LogP) is 3.04. The third-order valence-electron chi connectivity index (χ3n) is 4.32. The fourth-order valence-electron chi connectivity index (χ4n) is 3.02. The number of morpholine rings is 1. The van der Waals surface area contributed by atoms with E-state index in [1.165, 1.54) is 6.07 Å². The molecule has 0 N–H and O–H groups in total. The van der Waals surface area contributed by atoms with E-state index in [0.717, 1.165) is 45.7 Å². The molecule has 3 rings (SSSR count). The van der Waals surface area contributed by atoms with E-state index in [1.807, 2.05) is 0 Å². The summed E-state index contributed by atoms with van der Waals surface area (Å²) in [5.41, 5.74) is 0.699. The molecule has 1 radical (unpaired) electrons. The lowest BCUT2D eigenvalue weighted by Crippen LogP contribution is -2.40. The van der Waals surface area contributed by atoms with Crippen LogP contribution in [0, 0.1) is 11.5 Å². The third-order valence-corrected chi connectivity index (χ3v) is 4.32. The van der Waals surface area contributed by atoms with Crippen LogP contribution >= 0.6 is 0 Å². The largest absolute Gasteiger partial charge is 0.573 e. The molecule has 1 heterocycles. The van der Waals surface area contributed by atoms with Crippen molar-refractivity contribution in [1.82, 2.24) is 4.90 Å². The molecule has 22 heavy (non-hydrogen) atoms. The Morgan fingerprint density at radius 2 is 2.00 bits per heavy atom. The van der Waals surface area contributed by atoms with Crippen molar-refractivity contribution >= 4 is 0 Å². The van der Waals surface area contributed by atoms with Crippen LogP contribution in [0.25, 0.3) is 0 Å². The molecular weight excluding hydrogens is 295 g/mol. The molecule has 0 atom stereocenters. The number of rotatable bonds is 5. The Balaban J connectivity index is 1.67. The van der Waals surface area contributed by atoms with Gasteiger partial charge < -0.3 is 9.47 Å². The molecule has 0 aromatic heterocycles. The number of nitrogens with zero attached hydrogens (tertiary/aromatic N) is 1. The van der Waals surface area contributed by atoms with E-state index in [-0.39, 0.29) is 11.2 Å². The molecule has 1 saturated carbocycles. The second-order valence-electron chi connectivity index (χ2n) is 6.15. The van der Waals surface area contributed by atoms with Crippen molar-refractivity contribution in [2.45, 2.75) is 25.6 Å². The molecule has 2 fully saturated rings. The highest BCUT2D eigenvalue weighted by Crippen LogP contribution is 2.50. The Kier molecular flexibility index (Phi) is 4.32. The number of benzene rings is 1. The molecule has 1 aliphatic heterocycles. The molecule has 6 heteroatoms. The van der Waals surface area contributed by atoms with Crippen molar-refractivity contribution in [3.05, 3.63) is 29.8 Å². The van der Waals surface area contributed by atoms with Gasteiger partial charge in [0.2, 0.25) is 0 Å². The molecule has 1 aliphatic carbocycles. The zero-order valence-electron chi connectivity index (χ0n) is 12.3. The van der Waals surface area contributed by atoms with Gasteiger partial charge in [0.1, 0.15) is 5.75 Å². The van der Waals surface area contributed by atoms with Crippen LogP contribution in [0.15, 0.2) is 18.2 Å². The molecule has 3 nitrogen and oxygen atoms in total. The Morgan fingerprint density at radius 3 is 2.64 bits per heavy atom. The van der Waals surface area contributed by atoms with Crippen molar-refractivity contribution in [1.29, 1.82) is 0 Å². The minimum atomic E-state index is -4.66. The minimum absolute atomic E-state index is 0.0857. The molecular formula is C16H19F3NO2. The summed E-state index contributed by atoms with van der Waals surface area (Å²) in [5.74, 6) is -0.122. The third kappa shape index (κ3) is 4.14. The van der Waals surface area contributed by atoms with E-state index in [0.29, 0.717) is 12.0 Å². The minimum Gasteiger partial charge on any atom is -0.405 e. The van der Waals surface area contributed by atoms with E-state index in [9.17, 15) is 13.2 Å². The van der Waals surface area contributed by atoms with Crippen molar-refractivity contribution in [2.24, 2.45) is 5.41 Å². The Morgan fingerprint density at radius 1 is 1.27 bits per heavy atom. The van der Waals surface area contributed by atoms with Gasteiger partial charge >= 0.3 is 6.36 Å². The fraction of sp³-hybridized carbons (Fsp3) is 0.625. The van der Waals surface area contributed by atoms with Gasteiger partial charge in [0.15, 0.2) is 0 Å². The van der Waals surface area contributed by atoms with Crippen LogP contribution in [0.4, 0.5) is 13.2 Å². The highest BCUT2D eigenvalue weighted by molar-refractivity contribution is 5.34. The summed E-state index contributed by atoms with van der Waals surface area (Å²) < 4.78 is 46.9. The summed E-state index contributed by atoms with van der Waals surface area (Å²) in [4.78, 5) is 2.34. The van der Waals surface area contributed by atoms with Gasteiger partial charge in [-0.3, -0.25) is 4.90 Å². The van der Waals surface area contributed by atoms with Crippen LogP contribution < -0.4 is 4.74 Å². The van der Waals surface area contributed by atoms with Crippen LogP contribution in [0.1, 0.15) is 18.4 Å². The number of ether oxygens (including phenoxy) is 2. The maximum Gasteiger partial charge on any atom is 0.573 e. The van der Waals surface area contributed by atoms with E-state index >= 15 is 0 Å². The first-order valence-corrected chi connectivity index (χ1v) is 7.51. The number of halogens is 3. The van der Waals surface area contributed by atoms with Crippen molar-refractivity contribution in [3.63, 3.8) is 0 Å². The summed E-state index contributed by atoms with van der Waals surface area (Å²) >= 11 is 0. The second kappa shape index (κ2) is 6.08. The van der Waals surface area contributed by atoms with E-state index in [1.54, 1.807) is 12.1 Å². The summed E-state index contributed by atoms with van der Waals surface area (Å²) in [7, 11) is 0. The number of hydrogen-bond donors (Lipinski definition) is 0. The first kappa shape index (κ1) is 15.6. The van der Waals surface area contributed by atoms with Gasteiger partial charge in [0.05, 0.1) is 13.2 Å². The van der Waals surface area contributed by atoms with Gasteiger partial charge in [-0.2, -0.15) is 0 Å². The van der Waals surface area contributed by atoms with E-state index in [4.69, 9.17) is 4.74 Å². The smallest absolute Gasteiger partial charge is 0.405 e. The topological polar surface area (TPSA) is 21.7 Å². The van der Waals surface area contributed by atoms with E-state index in [2.05, 4.69) is 15.7 Å². The summed E-state index contributed by atoms with van der Waals surface area (Å²) in [6.07, 6.45) is -1.95. The molecule has 1 aromatic carbocycles. The molecule has 0 spiro atoms. The van der Waals surface area contributed by atoms with Crippen molar-refractivity contribution < 1.29 is 22.6 Å². The monoisotopic (exact) mass is 314 g/mol. The molecule has 0 unspecified atom stereocenters. The van der Waals surface area contributed by atoms with Crippen LogP contribution in [-0.2, 0) is 11.2 Å². The maximum atomic E-state index is 12.5. The zero-order chi connectivity index (χ0) is 15.6. The lowest BCUT2D eigenvalue weighted by molar-refractivity contribution is -0.275. The van der Waals surface area contributed by atoms with Crippen molar-refractivity contribution in [2.75, 3.05) is 32.8 Å². The van der Waals surface area contributed by atoms with Crippen LogP contribution in [0.2, 0.25) is 0 Å². The van der Waals surface area contributed by atoms with Crippen molar-refractivity contribution in [3.8, 4) is 5.75 Å². The van der Waals surface area contributed by atoms with E-state index < -0.39 is 6.36 Å². The zero-order valence-corrected chi connectivity index (χ0v) is 12.3. The first-order chi connectivity index (χ1) is 10.5. The quantitative estimate of drug-likeness (QED) is 0.834. The van der Waals surface area contributed by atoms with Gasteiger partial charge in [-0.05, 0) is 42.4 Å². The summed E-state index contributed by atoms with van der Waals surface area (Å²) in [5, 5.41) is 0. The Labute approximate surface area is 128 Å². The highest BCUT2D eigenvalue weighted by atomic mass is 19.4. The van der Waals surface area contributed by atoms with Gasteiger partial charge in [0, 0.05) is 19.6 Å². The standard InChI is InChI=1S/C16H19F3NO2/c17-16(18,19)22-14-4-2-1-3-13(14)11-15(5-6-15)12-20-7-9-21-10-8-20/h1,3-4H,5-12H2. The lowest BCUT2D eigenvalue weighted by atomic mass is 9.95. The van der Waals surface area contributed by atoms with Gasteiger partial charge in [-0.25, -0.2) is 0 Å². The summed E-state index contributed by atoms with van der Waals surface area (Å²) in [6.45, 7) is 4.19.